The predicted molar refractivity (Wildman–Crippen MR) is 67.3 cm³/mol. The topological polar surface area (TPSA) is 23.6 Å². The second kappa shape index (κ2) is 6.24. The molecule has 0 unspecified atom stereocenters. The first-order chi connectivity index (χ1) is 7.54. The Labute approximate surface area is 99.8 Å². The Hall–Kier alpha value is -0.570. The molecule has 1 amide bonds. The predicted octanol–water partition coefficient (Wildman–Crippen LogP) is 1.83. The third-order valence-electron chi connectivity index (χ3n) is 3.35. The Morgan fingerprint density at radius 1 is 1.38 bits per heavy atom. The number of rotatable bonds is 4. The number of amides is 1. The lowest BCUT2D eigenvalue weighted by molar-refractivity contribution is -0.137. The maximum atomic E-state index is 12.3. The molecule has 3 heteroatoms. The van der Waals surface area contributed by atoms with Crippen LogP contribution in [-0.2, 0) is 4.79 Å². The molecule has 3 nitrogen and oxygen atoms in total. The monoisotopic (exact) mass is 226 g/mol. The highest BCUT2D eigenvalue weighted by Crippen LogP contribution is 2.19. The molecule has 1 saturated heterocycles. The molecule has 0 aliphatic carbocycles. The van der Waals surface area contributed by atoms with Gasteiger partial charge in [-0.25, -0.2) is 0 Å². The Balaban J connectivity index is 2.48. The molecule has 1 rings (SSSR count). The second-order valence-corrected chi connectivity index (χ2v) is 5.35. The van der Waals surface area contributed by atoms with Crippen LogP contribution in [0, 0.1) is 11.8 Å². The van der Waals surface area contributed by atoms with Gasteiger partial charge >= 0.3 is 0 Å². The van der Waals surface area contributed by atoms with Crippen molar-refractivity contribution in [2.45, 2.75) is 33.6 Å². The van der Waals surface area contributed by atoms with Crippen LogP contribution in [0.25, 0.3) is 0 Å². The van der Waals surface area contributed by atoms with E-state index in [1.807, 2.05) is 4.90 Å². The van der Waals surface area contributed by atoms with E-state index >= 15 is 0 Å². The molecule has 0 aromatic heterocycles. The van der Waals surface area contributed by atoms with Crippen LogP contribution in [-0.4, -0.2) is 48.9 Å². The van der Waals surface area contributed by atoms with Gasteiger partial charge in [-0.15, -0.1) is 0 Å². The number of hydrogen-bond donors (Lipinski definition) is 0. The van der Waals surface area contributed by atoms with Gasteiger partial charge in [0.05, 0.1) is 0 Å². The van der Waals surface area contributed by atoms with Crippen LogP contribution < -0.4 is 0 Å². The number of hydrogen-bond acceptors (Lipinski definition) is 2. The summed E-state index contributed by atoms with van der Waals surface area (Å²) in [5.74, 6) is 1.22. The van der Waals surface area contributed by atoms with Crippen molar-refractivity contribution in [1.82, 2.24) is 9.80 Å². The van der Waals surface area contributed by atoms with Gasteiger partial charge in [0.1, 0.15) is 0 Å². The summed E-state index contributed by atoms with van der Waals surface area (Å²) in [5.41, 5.74) is 0. The normalized spacial score (nSPS) is 19.1. The van der Waals surface area contributed by atoms with Crippen molar-refractivity contribution >= 4 is 5.91 Å². The molecule has 0 N–H and O–H groups in total. The van der Waals surface area contributed by atoms with Gasteiger partial charge in [0.15, 0.2) is 0 Å². The Morgan fingerprint density at radius 2 is 1.94 bits per heavy atom. The van der Waals surface area contributed by atoms with Gasteiger partial charge in [-0.3, -0.25) is 4.79 Å². The number of carbonyl (C=O) groups excluding carboxylic acids is 1. The molecule has 16 heavy (non-hydrogen) atoms. The minimum atomic E-state index is 0.273. The van der Waals surface area contributed by atoms with E-state index in [2.05, 4.69) is 32.7 Å². The van der Waals surface area contributed by atoms with Gasteiger partial charge < -0.3 is 9.80 Å². The van der Waals surface area contributed by atoms with E-state index in [1.165, 1.54) is 0 Å². The van der Waals surface area contributed by atoms with Crippen LogP contribution in [0.3, 0.4) is 0 Å². The van der Waals surface area contributed by atoms with Crippen molar-refractivity contribution in [2.24, 2.45) is 11.8 Å². The van der Waals surface area contributed by atoms with Crippen LogP contribution in [0.1, 0.15) is 33.6 Å². The zero-order valence-corrected chi connectivity index (χ0v) is 11.2. The van der Waals surface area contributed by atoms with Gasteiger partial charge in [-0.2, -0.15) is 0 Å². The highest BCUT2D eigenvalue weighted by molar-refractivity contribution is 5.79. The number of nitrogens with zero attached hydrogens (tertiary/aromatic N) is 2. The Bertz CT molecular complexity index is 220. The lowest BCUT2D eigenvalue weighted by Gasteiger charge is -2.32. The van der Waals surface area contributed by atoms with E-state index in [0.717, 1.165) is 39.0 Å². The summed E-state index contributed by atoms with van der Waals surface area (Å²) in [4.78, 5) is 16.6. The summed E-state index contributed by atoms with van der Waals surface area (Å²) in [6.07, 6.45) is 2.06. The molecule has 1 heterocycles. The van der Waals surface area contributed by atoms with Crippen molar-refractivity contribution < 1.29 is 4.79 Å². The summed E-state index contributed by atoms with van der Waals surface area (Å²) in [6, 6.07) is 0. The zero-order valence-electron chi connectivity index (χ0n) is 11.2. The fourth-order valence-corrected chi connectivity index (χ4v) is 2.33. The molecule has 0 atom stereocenters. The minimum Gasteiger partial charge on any atom is -0.342 e. The van der Waals surface area contributed by atoms with Crippen molar-refractivity contribution in [3.05, 3.63) is 0 Å². The van der Waals surface area contributed by atoms with Crippen molar-refractivity contribution in [3.63, 3.8) is 0 Å². The third kappa shape index (κ3) is 3.78. The molecule has 0 bridgehead atoms. The van der Waals surface area contributed by atoms with E-state index in [4.69, 9.17) is 0 Å². The average molecular weight is 226 g/mol. The third-order valence-corrected chi connectivity index (χ3v) is 3.35. The molecule has 1 fully saturated rings. The number of carbonyl (C=O) groups is 1. The first kappa shape index (κ1) is 13.5. The van der Waals surface area contributed by atoms with E-state index in [9.17, 15) is 4.79 Å². The highest BCUT2D eigenvalue weighted by atomic mass is 16.2. The Morgan fingerprint density at radius 3 is 2.38 bits per heavy atom. The molecular formula is C13H26N2O. The lowest BCUT2D eigenvalue weighted by Crippen LogP contribution is -2.42. The fourth-order valence-electron chi connectivity index (χ4n) is 2.33. The van der Waals surface area contributed by atoms with E-state index in [1.54, 1.807) is 0 Å². The number of likely N-dealkylation sites (tertiary alicyclic amines) is 1. The Kier molecular flexibility index (Phi) is 5.26. The maximum absolute atomic E-state index is 12.3. The molecule has 1 aliphatic heterocycles. The molecule has 0 spiro atoms. The quantitative estimate of drug-likeness (QED) is 0.730. The van der Waals surface area contributed by atoms with Crippen LogP contribution in [0.5, 0.6) is 0 Å². The van der Waals surface area contributed by atoms with E-state index in [0.29, 0.717) is 11.8 Å². The molecule has 0 saturated carbocycles. The smallest absolute Gasteiger partial charge is 0.225 e. The van der Waals surface area contributed by atoms with E-state index < -0.39 is 0 Å². The van der Waals surface area contributed by atoms with Gasteiger partial charge in [-0.1, -0.05) is 13.8 Å². The highest BCUT2D eigenvalue weighted by Gasteiger charge is 2.26. The zero-order chi connectivity index (χ0) is 12.1. The SMILES string of the molecule is CCN(CC(C)C)C(=O)C1CCN(C)CC1. The summed E-state index contributed by atoms with van der Waals surface area (Å²) < 4.78 is 0. The number of piperidine rings is 1. The van der Waals surface area contributed by atoms with Gasteiger partial charge in [0.2, 0.25) is 5.91 Å². The van der Waals surface area contributed by atoms with Crippen molar-refractivity contribution in [3.8, 4) is 0 Å². The van der Waals surface area contributed by atoms with E-state index in [-0.39, 0.29) is 5.92 Å². The first-order valence-electron chi connectivity index (χ1n) is 6.52. The average Bonchev–Trinajstić information content (AvgIpc) is 2.25. The summed E-state index contributed by atoms with van der Waals surface area (Å²) in [5, 5.41) is 0. The lowest BCUT2D eigenvalue weighted by atomic mass is 9.95. The summed E-state index contributed by atoms with van der Waals surface area (Å²) in [6.45, 7) is 10.3. The molecule has 1 aliphatic rings. The summed E-state index contributed by atoms with van der Waals surface area (Å²) >= 11 is 0. The molecular weight excluding hydrogens is 200 g/mol. The van der Waals surface area contributed by atoms with Gasteiger partial charge in [0.25, 0.3) is 0 Å². The van der Waals surface area contributed by atoms with Crippen LogP contribution >= 0.6 is 0 Å². The molecule has 0 radical (unpaired) electrons. The standard InChI is InChI=1S/C13H26N2O/c1-5-15(10-11(2)3)13(16)12-6-8-14(4)9-7-12/h11-12H,5-10H2,1-4H3. The largest absolute Gasteiger partial charge is 0.342 e. The van der Waals surface area contributed by atoms with Gasteiger partial charge in [0, 0.05) is 19.0 Å². The molecule has 94 valence electrons. The minimum absolute atomic E-state index is 0.273. The van der Waals surface area contributed by atoms with Crippen molar-refractivity contribution in [1.29, 1.82) is 0 Å². The summed E-state index contributed by atoms with van der Waals surface area (Å²) in [7, 11) is 2.13. The second-order valence-electron chi connectivity index (χ2n) is 5.35. The molecule has 0 aromatic carbocycles. The van der Waals surface area contributed by atoms with Crippen molar-refractivity contribution in [2.75, 3.05) is 33.2 Å². The molecule has 0 aromatic rings. The van der Waals surface area contributed by atoms with Crippen LogP contribution in [0.15, 0.2) is 0 Å². The van der Waals surface area contributed by atoms with Gasteiger partial charge in [-0.05, 0) is 45.8 Å². The maximum Gasteiger partial charge on any atom is 0.225 e. The van der Waals surface area contributed by atoms with Crippen LogP contribution in [0.2, 0.25) is 0 Å². The fraction of sp³-hybridized carbons (Fsp3) is 0.923. The first-order valence-corrected chi connectivity index (χ1v) is 6.52. The van der Waals surface area contributed by atoms with Crippen LogP contribution in [0.4, 0.5) is 0 Å².